The molecular weight excluding hydrogens is 364 g/mol. The summed E-state index contributed by atoms with van der Waals surface area (Å²) in [6.45, 7) is 3.26. The van der Waals surface area contributed by atoms with Crippen molar-refractivity contribution in [2.24, 2.45) is 5.92 Å². The van der Waals surface area contributed by atoms with E-state index >= 15 is 0 Å². The van der Waals surface area contributed by atoms with Crippen LogP contribution in [0.1, 0.15) is 66.2 Å². The number of carbonyl (C=O) groups is 2. The molecule has 8 nitrogen and oxygen atoms in total. The molecular formula is C20H26N2O6. The van der Waals surface area contributed by atoms with Crippen LogP contribution in [0.5, 0.6) is 0 Å². The molecule has 0 aromatic heterocycles. The number of carboxylic acids is 1. The number of amides is 1. The molecule has 2 fully saturated rings. The number of nitro groups is 1. The number of nitrogens with zero attached hydrogens (tertiary/aromatic N) is 2. The molecule has 152 valence electrons. The molecule has 2 aliphatic rings. The zero-order valence-corrected chi connectivity index (χ0v) is 16.0. The number of aromatic carboxylic acids is 1. The van der Waals surface area contributed by atoms with Gasteiger partial charge in [-0.1, -0.05) is 6.92 Å². The van der Waals surface area contributed by atoms with Crippen molar-refractivity contribution >= 4 is 17.6 Å². The van der Waals surface area contributed by atoms with Crippen LogP contribution in [0.4, 0.5) is 5.69 Å². The molecule has 1 aromatic carbocycles. The first-order chi connectivity index (χ1) is 13.3. The number of hydrogen-bond donors (Lipinski definition) is 1. The van der Waals surface area contributed by atoms with Gasteiger partial charge in [0, 0.05) is 30.8 Å². The van der Waals surface area contributed by atoms with E-state index in [1.54, 1.807) is 4.90 Å². The second-order valence-electron chi connectivity index (χ2n) is 7.84. The fraction of sp³-hybridized carbons (Fsp3) is 0.600. The molecule has 1 aliphatic carbocycles. The number of benzene rings is 1. The summed E-state index contributed by atoms with van der Waals surface area (Å²) in [5.74, 6) is -0.909. The third-order valence-electron chi connectivity index (χ3n) is 5.70. The Morgan fingerprint density at radius 3 is 2.18 bits per heavy atom. The molecule has 0 spiro atoms. The molecule has 1 N–H and O–H groups in total. The number of non-ortho nitro benzene ring substituents is 1. The van der Waals surface area contributed by atoms with Gasteiger partial charge in [0.2, 0.25) is 0 Å². The first kappa shape index (κ1) is 20.3. The Labute approximate surface area is 163 Å². The summed E-state index contributed by atoms with van der Waals surface area (Å²) in [7, 11) is 0. The number of rotatable bonds is 5. The third kappa shape index (κ3) is 4.86. The molecule has 1 saturated carbocycles. The summed E-state index contributed by atoms with van der Waals surface area (Å²) < 4.78 is 6.21. The van der Waals surface area contributed by atoms with Crippen LogP contribution in [0.25, 0.3) is 0 Å². The summed E-state index contributed by atoms with van der Waals surface area (Å²) in [6.07, 6.45) is 6.44. The van der Waals surface area contributed by atoms with Gasteiger partial charge in [-0.25, -0.2) is 4.79 Å². The van der Waals surface area contributed by atoms with E-state index in [1.165, 1.54) is 18.9 Å². The van der Waals surface area contributed by atoms with Gasteiger partial charge in [-0.05, 0) is 50.5 Å². The van der Waals surface area contributed by atoms with E-state index in [9.17, 15) is 19.7 Å². The van der Waals surface area contributed by atoms with Crippen molar-refractivity contribution in [3.8, 4) is 0 Å². The summed E-state index contributed by atoms with van der Waals surface area (Å²) in [4.78, 5) is 35.9. The highest BCUT2D eigenvalue weighted by molar-refractivity contribution is 5.98. The number of carbonyl (C=O) groups excluding carboxylic acids is 1. The second kappa shape index (κ2) is 8.68. The molecule has 1 aromatic rings. The molecule has 0 bridgehead atoms. The summed E-state index contributed by atoms with van der Waals surface area (Å²) in [5, 5.41) is 20.2. The molecule has 0 unspecified atom stereocenters. The van der Waals surface area contributed by atoms with Gasteiger partial charge in [0.1, 0.15) is 0 Å². The molecule has 1 amide bonds. The lowest BCUT2D eigenvalue weighted by Gasteiger charge is -2.35. The van der Waals surface area contributed by atoms with Crippen LogP contribution in [0.2, 0.25) is 0 Å². The van der Waals surface area contributed by atoms with E-state index in [2.05, 4.69) is 6.92 Å². The van der Waals surface area contributed by atoms with Crippen LogP contribution in [0.3, 0.4) is 0 Å². The van der Waals surface area contributed by atoms with E-state index in [0.29, 0.717) is 19.2 Å². The predicted molar refractivity (Wildman–Crippen MR) is 101 cm³/mol. The highest BCUT2D eigenvalue weighted by Gasteiger charge is 2.28. The monoisotopic (exact) mass is 390 g/mol. The molecule has 1 saturated heterocycles. The zero-order valence-electron chi connectivity index (χ0n) is 16.0. The van der Waals surface area contributed by atoms with Gasteiger partial charge in [-0.2, -0.15) is 0 Å². The van der Waals surface area contributed by atoms with E-state index in [-0.39, 0.29) is 23.1 Å². The first-order valence-corrected chi connectivity index (χ1v) is 9.81. The predicted octanol–water partition coefficient (Wildman–Crippen LogP) is 3.49. The van der Waals surface area contributed by atoms with Crippen LogP contribution < -0.4 is 0 Å². The van der Waals surface area contributed by atoms with Crippen molar-refractivity contribution in [3.63, 3.8) is 0 Å². The number of piperidine rings is 1. The van der Waals surface area contributed by atoms with Crippen molar-refractivity contribution in [1.82, 2.24) is 4.90 Å². The van der Waals surface area contributed by atoms with E-state index in [0.717, 1.165) is 43.7 Å². The van der Waals surface area contributed by atoms with E-state index in [1.807, 2.05) is 0 Å². The zero-order chi connectivity index (χ0) is 20.3. The van der Waals surface area contributed by atoms with Gasteiger partial charge in [0.05, 0.1) is 22.7 Å². The number of hydrogen-bond acceptors (Lipinski definition) is 5. The molecule has 28 heavy (non-hydrogen) atoms. The van der Waals surface area contributed by atoms with Gasteiger partial charge in [0.25, 0.3) is 11.6 Å². The minimum atomic E-state index is -1.30. The van der Waals surface area contributed by atoms with Crippen LogP contribution in [0, 0.1) is 16.0 Å². The minimum absolute atomic E-state index is 0.0345. The summed E-state index contributed by atoms with van der Waals surface area (Å²) in [6, 6.07) is 3.30. The number of likely N-dealkylation sites (tertiary alicyclic amines) is 1. The van der Waals surface area contributed by atoms with Crippen LogP contribution in [-0.4, -0.2) is 52.1 Å². The SMILES string of the molecule is CC1CCC(OC2CCN(C(=O)c3cc(C(=O)O)cc([N+](=O)[O-])c3)CC2)CC1. The quantitative estimate of drug-likeness (QED) is 0.609. The van der Waals surface area contributed by atoms with E-state index in [4.69, 9.17) is 9.84 Å². The largest absolute Gasteiger partial charge is 0.478 e. The lowest BCUT2D eigenvalue weighted by molar-refractivity contribution is -0.384. The molecule has 3 rings (SSSR count). The average molecular weight is 390 g/mol. The number of carboxylic acid groups (broad SMARTS) is 1. The fourth-order valence-corrected chi connectivity index (χ4v) is 3.98. The Kier molecular flexibility index (Phi) is 6.28. The molecule has 8 heteroatoms. The Morgan fingerprint density at radius 1 is 1.04 bits per heavy atom. The second-order valence-corrected chi connectivity index (χ2v) is 7.84. The fourth-order valence-electron chi connectivity index (χ4n) is 3.98. The molecule has 1 aliphatic heterocycles. The van der Waals surface area contributed by atoms with Crippen molar-refractivity contribution in [2.45, 2.75) is 57.7 Å². The Balaban J connectivity index is 1.60. The molecule has 0 radical (unpaired) electrons. The Morgan fingerprint density at radius 2 is 1.61 bits per heavy atom. The van der Waals surface area contributed by atoms with Gasteiger partial charge >= 0.3 is 5.97 Å². The van der Waals surface area contributed by atoms with Crippen LogP contribution >= 0.6 is 0 Å². The van der Waals surface area contributed by atoms with Crippen molar-refractivity contribution in [2.75, 3.05) is 13.1 Å². The van der Waals surface area contributed by atoms with Gasteiger partial charge in [0.15, 0.2) is 0 Å². The normalized spacial score (nSPS) is 23.4. The maximum absolute atomic E-state index is 12.8. The average Bonchev–Trinajstić information content (AvgIpc) is 2.69. The lowest BCUT2D eigenvalue weighted by atomic mass is 9.88. The number of nitro benzene ring substituents is 1. The molecule has 0 atom stereocenters. The maximum atomic E-state index is 12.8. The number of ether oxygens (including phenoxy) is 1. The van der Waals surface area contributed by atoms with Crippen molar-refractivity contribution in [1.29, 1.82) is 0 Å². The molecule has 1 heterocycles. The first-order valence-electron chi connectivity index (χ1n) is 9.81. The van der Waals surface area contributed by atoms with Crippen molar-refractivity contribution in [3.05, 3.63) is 39.4 Å². The highest BCUT2D eigenvalue weighted by Crippen LogP contribution is 2.28. The standard InChI is InChI=1S/C20H26N2O6/c1-13-2-4-17(5-3-13)28-18-6-8-21(9-7-18)19(23)14-10-15(20(24)25)12-16(11-14)22(26)27/h10-13,17-18H,2-9H2,1H3,(H,24,25). The van der Waals surface area contributed by atoms with Crippen LogP contribution in [-0.2, 0) is 4.74 Å². The summed E-state index contributed by atoms with van der Waals surface area (Å²) in [5.41, 5.74) is -0.623. The van der Waals surface area contributed by atoms with Crippen molar-refractivity contribution < 1.29 is 24.4 Å². The Hall–Kier alpha value is -2.48. The Bertz CT molecular complexity index is 717. The van der Waals surface area contributed by atoms with Gasteiger partial charge in [-0.3, -0.25) is 14.9 Å². The third-order valence-corrected chi connectivity index (χ3v) is 5.70. The summed E-state index contributed by atoms with van der Waals surface area (Å²) >= 11 is 0. The topological polar surface area (TPSA) is 110 Å². The van der Waals surface area contributed by atoms with Gasteiger partial charge < -0.3 is 14.7 Å². The maximum Gasteiger partial charge on any atom is 0.335 e. The highest BCUT2D eigenvalue weighted by atomic mass is 16.6. The van der Waals surface area contributed by atoms with E-state index < -0.39 is 16.6 Å². The van der Waals surface area contributed by atoms with Crippen LogP contribution in [0.15, 0.2) is 18.2 Å². The minimum Gasteiger partial charge on any atom is -0.478 e. The van der Waals surface area contributed by atoms with Gasteiger partial charge in [-0.15, -0.1) is 0 Å². The lowest BCUT2D eigenvalue weighted by Crippen LogP contribution is -2.42. The smallest absolute Gasteiger partial charge is 0.335 e.